The zero-order chi connectivity index (χ0) is 15.1. The van der Waals surface area contributed by atoms with Gasteiger partial charge in [-0.1, -0.05) is 19.2 Å². The van der Waals surface area contributed by atoms with Gasteiger partial charge in [-0.3, -0.25) is 4.79 Å². The first-order valence-corrected chi connectivity index (χ1v) is 8.09. The highest BCUT2D eigenvalue weighted by Crippen LogP contribution is 2.26. The monoisotopic (exact) mass is 297 g/mol. The fourth-order valence-corrected chi connectivity index (χ4v) is 2.98. The van der Waals surface area contributed by atoms with Crippen LogP contribution in [0.2, 0.25) is 0 Å². The van der Waals surface area contributed by atoms with Crippen LogP contribution in [0.1, 0.15) is 32.6 Å². The van der Waals surface area contributed by atoms with Gasteiger partial charge in [-0.05, 0) is 32.4 Å². The fraction of sp³-hybridized carbons (Fsp3) is 0.600. The molecule has 2 unspecified atom stereocenters. The molecule has 0 spiro atoms. The van der Waals surface area contributed by atoms with E-state index in [0.29, 0.717) is 30.3 Å². The van der Waals surface area contributed by atoms with Gasteiger partial charge in [0.15, 0.2) is 0 Å². The Labute approximate surface area is 125 Å². The molecule has 112 valence electrons. The highest BCUT2D eigenvalue weighted by Gasteiger charge is 2.29. The van der Waals surface area contributed by atoms with Gasteiger partial charge in [0.25, 0.3) is 0 Å². The lowest BCUT2D eigenvalue weighted by molar-refractivity contribution is -0.142. The van der Waals surface area contributed by atoms with Crippen LogP contribution >= 0.6 is 11.8 Å². The van der Waals surface area contributed by atoms with Crippen LogP contribution in [0.3, 0.4) is 0 Å². The van der Waals surface area contributed by atoms with E-state index in [1.54, 1.807) is 24.8 Å². The van der Waals surface area contributed by atoms with E-state index < -0.39 is 5.97 Å². The summed E-state index contributed by atoms with van der Waals surface area (Å²) in [4.78, 5) is 25.1. The first kappa shape index (κ1) is 16.8. The average Bonchev–Trinajstić information content (AvgIpc) is 2.78. The number of rotatable bonds is 8. The minimum Gasteiger partial charge on any atom is -0.455 e. The smallest absolute Gasteiger partial charge is 0.333 e. The molecule has 0 aromatic rings. The molecule has 1 aliphatic rings. The van der Waals surface area contributed by atoms with Gasteiger partial charge in [0.2, 0.25) is 5.91 Å². The number of likely N-dealkylation sites (tertiary alicyclic amines) is 1. The molecule has 1 heterocycles. The van der Waals surface area contributed by atoms with E-state index in [1.165, 1.54) is 0 Å². The molecule has 1 fully saturated rings. The quantitative estimate of drug-likeness (QED) is 0.393. The van der Waals surface area contributed by atoms with E-state index in [0.717, 1.165) is 12.8 Å². The van der Waals surface area contributed by atoms with Crippen LogP contribution in [0.15, 0.2) is 24.8 Å². The van der Waals surface area contributed by atoms with Crippen molar-refractivity contribution in [3.05, 3.63) is 24.8 Å². The minimum atomic E-state index is -0.394. The molecular formula is C15H23NO3S. The standard InChI is InChI=1S/C15H23NO3S/c1-5-12(19-15(18)11(2)3)7-6-10-16-13(17)8-9-14(16)20-4/h5,12,14H,1-2,6-10H2,3-4H3. The van der Waals surface area contributed by atoms with Crippen molar-refractivity contribution in [1.82, 2.24) is 4.90 Å². The van der Waals surface area contributed by atoms with Gasteiger partial charge in [-0.15, -0.1) is 11.8 Å². The van der Waals surface area contributed by atoms with Gasteiger partial charge >= 0.3 is 5.97 Å². The van der Waals surface area contributed by atoms with Crippen molar-refractivity contribution in [3.8, 4) is 0 Å². The van der Waals surface area contributed by atoms with Crippen LogP contribution < -0.4 is 0 Å². The molecule has 0 aliphatic carbocycles. The Kier molecular flexibility index (Phi) is 6.85. The third-order valence-corrected chi connectivity index (χ3v) is 4.34. The second-order valence-electron chi connectivity index (χ2n) is 4.92. The number of ether oxygens (including phenoxy) is 1. The normalized spacial score (nSPS) is 19.8. The Morgan fingerprint density at radius 3 is 2.90 bits per heavy atom. The second-order valence-corrected chi connectivity index (χ2v) is 5.93. The summed E-state index contributed by atoms with van der Waals surface area (Å²) >= 11 is 1.71. The summed E-state index contributed by atoms with van der Waals surface area (Å²) in [6.07, 6.45) is 6.37. The Hall–Kier alpha value is -1.23. The molecule has 4 nitrogen and oxygen atoms in total. The Morgan fingerprint density at radius 2 is 2.35 bits per heavy atom. The summed E-state index contributed by atoms with van der Waals surface area (Å²) in [6.45, 7) is 9.56. The molecule has 1 rings (SSSR count). The number of amides is 1. The number of esters is 1. The van der Waals surface area contributed by atoms with Gasteiger partial charge in [0, 0.05) is 18.5 Å². The third-order valence-electron chi connectivity index (χ3n) is 3.30. The van der Waals surface area contributed by atoms with Gasteiger partial charge in [0.1, 0.15) is 6.10 Å². The molecule has 1 saturated heterocycles. The summed E-state index contributed by atoms with van der Waals surface area (Å²) in [5, 5.41) is 0.294. The maximum absolute atomic E-state index is 11.8. The van der Waals surface area contributed by atoms with E-state index in [2.05, 4.69) is 13.2 Å². The lowest BCUT2D eigenvalue weighted by Gasteiger charge is -2.24. The summed E-state index contributed by atoms with van der Waals surface area (Å²) in [5.41, 5.74) is 0.383. The Morgan fingerprint density at radius 1 is 1.65 bits per heavy atom. The molecule has 1 aliphatic heterocycles. The second kappa shape index (κ2) is 8.15. The maximum atomic E-state index is 11.8. The molecular weight excluding hydrogens is 274 g/mol. The van der Waals surface area contributed by atoms with Gasteiger partial charge in [-0.25, -0.2) is 4.79 Å². The first-order chi connectivity index (χ1) is 9.49. The van der Waals surface area contributed by atoms with Crippen molar-refractivity contribution in [1.29, 1.82) is 0 Å². The van der Waals surface area contributed by atoms with E-state index >= 15 is 0 Å². The van der Waals surface area contributed by atoms with Crippen molar-refractivity contribution in [3.63, 3.8) is 0 Å². The third kappa shape index (κ3) is 4.71. The summed E-state index contributed by atoms with van der Waals surface area (Å²) in [7, 11) is 0. The number of thioether (sulfide) groups is 1. The number of carbonyl (C=O) groups excluding carboxylic acids is 2. The number of carbonyl (C=O) groups is 2. The molecule has 0 N–H and O–H groups in total. The summed E-state index contributed by atoms with van der Waals surface area (Å²) in [5.74, 6) is -0.174. The number of hydrogen-bond acceptors (Lipinski definition) is 4. The van der Waals surface area contributed by atoms with Gasteiger partial charge < -0.3 is 9.64 Å². The highest BCUT2D eigenvalue weighted by atomic mass is 32.2. The number of nitrogens with zero attached hydrogens (tertiary/aromatic N) is 1. The van der Waals surface area contributed by atoms with E-state index in [-0.39, 0.29) is 12.0 Å². The van der Waals surface area contributed by atoms with Crippen LogP contribution in [0.4, 0.5) is 0 Å². The van der Waals surface area contributed by atoms with E-state index in [9.17, 15) is 9.59 Å². The molecule has 1 amide bonds. The molecule has 2 atom stereocenters. The summed E-state index contributed by atoms with van der Waals surface area (Å²) in [6, 6.07) is 0. The van der Waals surface area contributed by atoms with Crippen molar-refractivity contribution < 1.29 is 14.3 Å². The minimum absolute atomic E-state index is 0.221. The van der Waals surface area contributed by atoms with Crippen LogP contribution in [0.5, 0.6) is 0 Å². The lowest BCUT2D eigenvalue weighted by Crippen LogP contribution is -2.32. The van der Waals surface area contributed by atoms with E-state index in [4.69, 9.17) is 4.74 Å². The highest BCUT2D eigenvalue weighted by molar-refractivity contribution is 7.99. The SMILES string of the molecule is C=CC(CCCN1C(=O)CCC1SC)OC(=O)C(=C)C. The van der Waals surface area contributed by atoms with Crippen molar-refractivity contribution in [2.24, 2.45) is 0 Å². The largest absolute Gasteiger partial charge is 0.455 e. The van der Waals surface area contributed by atoms with Gasteiger partial charge in [0.05, 0.1) is 5.37 Å². The molecule has 20 heavy (non-hydrogen) atoms. The van der Waals surface area contributed by atoms with Crippen LogP contribution in [-0.4, -0.2) is 41.1 Å². The molecule has 0 bridgehead atoms. The predicted octanol–water partition coefficient (Wildman–Crippen LogP) is 2.75. The summed E-state index contributed by atoms with van der Waals surface area (Å²) < 4.78 is 5.24. The van der Waals surface area contributed by atoms with Crippen LogP contribution in [-0.2, 0) is 14.3 Å². The zero-order valence-electron chi connectivity index (χ0n) is 12.3. The molecule has 0 aromatic carbocycles. The van der Waals surface area contributed by atoms with Crippen LogP contribution in [0.25, 0.3) is 0 Å². The molecule has 0 saturated carbocycles. The maximum Gasteiger partial charge on any atom is 0.333 e. The lowest BCUT2D eigenvalue weighted by atomic mass is 10.2. The number of hydrogen-bond donors (Lipinski definition) is 0. The first-order valence-electron chi connectivity index (χ1n) is 6.81. The average molecular weight is 297 g/mol. The predicted molar refractivity (Wildman–Crippen MR) is 82.4 cm³/mol. The van der Waals surface area contributed by atoms with Crippen molar-refractivity contribution >= 4 is 23.6 Å². The Bertz CT molecular complexity index is 395. The molecule has 5 heteroatoms. The molecule has 0 aromatic heterocycles. The Balaban J connectivity index is 2.37. The van der Waals surface area contributed by atoms with E-state index in [1.807, 2.05) is 11.2 Å². The van der Waals surface area contributed by atoms with Crippen LogP contribution in [0, 0.1) is 0 Å². The van der Waals surface area contributed by atoms with Gasteiger partial charge in [-0.2, -0.15) is 0 Å². The molecule has 0 radical (unpaired) electrons. The fourth-order valence-electron chi connectivity index (χ4n) is 2.15. The topological polar surface area (TPSA) is 46.6 Å². The zero-order valence-corrected chi connectivity index (χ0v) is 13.1. The van der Waals surface area contributed by atoms with Crippen molar-refractivity contribution in [2.75, 3.05) is 12.8 Å². The van der Waals surface area contributed by atoms with Crippen molar-refractivity contribution in [2.45, 2.75) is 44.1 Å².